The largest absolute Gasteiger partial charge is 0.323 e. The zero-order valence-corrected chi connectivity index (χ0v) is 15.0. The fourth-order valence-corrected chi connectivity index (χ4v) is 3.86. The van der Waals surface area contributed by atoms with E-state index in [1.807, 2.05) is 13.1 Å². The molecule has 0 radical (unpaired) electrons. The van der Waals surface area contributed by atoms with Gasteiger partial charge in [-0.25, -0.2) is 4.79 Å². The molecule has 25 heavy (non-hydrogen) atoms. The SMILES string of the molecule is CC(c1ccc(-c2ccc3c(c2)CN(C)C(=O)N3)cc1)N1CCCC1. The highest BCUT2D eigenvalue weighted by Gasteiger charge is 2.20. The van der Waals surface area contributed by atoms with E-state index in [1.165, 1.54) is 42.6 Å². The number of carbonyl (C=O) groups is 1. The lowest BCUT2D eigenvalue weighted by Crippen LogP contribution is -2.35. The van der Waals surface area contributed by atoms with Gasteiger partial charge in [-0.1, -0.05) is 30.3 Å². The molecule has 4 nitrogen and oxygen atoms in total. The standard InChI is InChI=1S/C21H25N3O/c1-15(24-11-3-4-12-24)16-5-7-17(8-6-16)18-9-10-20-19(13-18)14-23(2)21(25)22-20/h5-10,13,15H,3-4,11-12,14H2,1-2H3,(H,22,25). The average molecular weight is 335 g/mol. The molecule has 2 amide bonds. The van der Waals surface area contributed by atoms with E-state index in [1.54, 1.807) is 4.90 Å². The molecule has 0 aromatic heterocycles. The Morgan fingerprint density at radius 3 is 2.40 bits per heavy atom. The lowest BCUT2D eigenvalue weighted by molar-refractivity contribution is 0.218. The van der Waals surface area contributed by atoms with Crippen molar-refractivity contribution in [2.24, 2.45) is 0 Å². The van der Waals surface area contributed by atoms with Crippen molar-refractivity contribution < 1.29 is 4.79 Å². The van der Waals surface area contributed by atoms with Crippen LogP contribution in [0, 0.1) is 0 Å². The number of amides is 2. The predicted octanol–water partition coefficient (Wildman–Crippen LogP) is 4.49. The molecular weight excluding hydrogens is 310 g/mol. The molecule has 1 atom stereocenters. The summed E-state index contributed by atoms with van der Waals surface area (Å²) in [5, 5.41) is 2.93. The summed E-state index contributed by atoms with van der Waals surface area (Å²) in [7, 11) is 1.82. The van der Waals surface area contributed by atoms with Gasteiger partial charge in [0.2, 0.25) is 0 Å². The van der Waals surface area contributed by atoms with Gasteiger partial charge in [0.1, 0.15) is 0 Å². The molecule has 4 rings (SSSR count). The van der Waals surface area contributed by atoms with Crippen molar-refractivity contribution in [3.63, 3.8) is 0 Å². The maximum Gasteiger partial charge on any atom is 0.321 e. The Kier molecular flexibility index (Phi) is 4.22. The van der Waals surface area contributed by atoms with E-state index in [2.05, 4.69) is 53.5 Å². The molecule has 2 aromatic rings. The number of urea groups is 1. The summed E-state index contributed by atoms with van der Waals surface area (Å²) >= 11 is 0. The molecule has 2 aromatic carbocycles. The third-order valence-corrected chi connectivity index (χ3v) is 5.52. The molecule has 4 heteroatoms. The number of rotatable bonds is 3. The maximum atomic E-state index is 11.7. The molecule has 2 aliphatic rings. The smallest absolute Gasteiger partial charge is 0.321 e. The van der Waals surface area contributed by atoms with Crippen molar-refractivity contribution >= 4 is 11.7 Å². The molecule has 0 bridgehead atoms. The van der Waals surface area contributed by atoms with Crippen LogP contribution in [0.1, 0.15) is 36.9 Å². The van der Waals surface area contributed by atoms with Gasteiger partial charge in [-0.2, -0.15) is 0 Å². The normalized spacial score (nSPS) is 18.8. The lowest BCUT2D eigenvalue weighted by Gasteiger charge is -2.26. The second-order valence-electron chi connectivity index (χ2n) is 7.20. The first-order valence-corrected chi connectivity index (χ1v) is 9.11. The number of anilines is 1. The van der Waals surface area contributed by atoms with Gasteiger partial charge in [0.05, 0.1) is 0 Å². The van der Waals surface area contributed by atoms with Crippen LogP contribution in [0.15, 0.2) is 42.5 Å². The van der Waals surface area contributed by atoms with E-state index in [0.29, 0.717) is 12.6 Å². The fraction of sp³-hybridized carbons (Fsp3) is 0.381. The monoisotopic (exact) mass is 335 g/mol. The third kappa shape index (κ3) is 3.14. The van der Waals surface area contributed by atoms with Gasteiger partial charge in [-0.15, -0.1) is 0 Å². The van der Waals surface area contributed by atoms with Crippen LogP contribution in [-0.2, 0) is 6.54 Å². The van der Waals surface area contributed by atoms with Gasteiger partial charge in [0.25, 0.3) is 0 Å². The molecule has 0 saturated carbocycles. The zero-order chi connectivity index (χ0) is 17.4. The van der Waals surface area contributed by atoms with E-state index >= 15 is 0 Å². The summed E-state index contributed by atoms with van der Waals surface area (Å²) < 4.78 is 0. The summed E-state index contributed by atoms with van der Waals surface area (Å²) in [5.74, 6) is 0. The van der Waals surface area contributed by atoms with Gasteiger partial charge >= 0.3 is 6.03 Å². The van der Waals surface area contributed by atoms with Crippen molar-refractivity contribution in [3.8, 4) is 11.1 Å². The minimum atomic E-state index is -0.0412. The van der Waals surface area contributed by atoms with Crippen molar-refractivity contribution in [3.05, 3.63) is 53.6 Å². The molecular formula is C21H25N3O. The van der Waals surface area contributed by atoms with Gasteiger partial charge in [-0.3, -0.25) is 4.90 Å². The van der Waals surface area contributed by atoms with E-state index in [0.717, 1.165) is 11.3 Å². The Hall–Kier alpha value is -2.33. The van der Waals surface area contributed by atoms with Crippen LogP contribution in [0.5, 0.6) is 0 Å². The molecule has 1 N–H and O–H groups in total. The van der Waals surface area contributed by atoms with Crippen LogP contribution in [0.2, 0.25) is 0 Å². The summed E-state index contributed by atoms with van der Waals surface area (Å²) in [6.07, 6.45) is 2.64. The van der Waals surface area contributed by atoms with E-state index in [-0.39, 0.29) is 6.03 Å². The van der Waals surface area contributed by atoms with Gasteiger partial charge < -0.3 is 10.2 Å². The first kappa shape index (κ1) is 16.2. The van der Waals surface area contributed by atoms with Gasteiger partial charge in [-0.05, 0) is 67.2 Å². The summed E-state index contributed by atoms with van der Waals surface area (Å²) in [4.78, 5) is 16.0. The maximum absolute atomic E-state index is 11.7. The van der Waals surface area contributed by atoms with Crippen LogP contribution in [0.3, 0.4) is 0 Å². The number of nitrogens with zero attached hydrogens (tertiary/aromatic N) is 2. The van der Waals surface area contributed by atoms with Crippen LogP contribution < -0.4 is 5.32 Å². The van der Waals surface area contributed by atoms with Crippen LogP contribution in [0.25, 0.3) is 11.1 Å². The Morgan fingerprint density at radius 1 is 1.00 bits per heavy atom. The summed E-state index contributed by atoms with van der Waals surface area (Å²) in [6, 6.07) is 15.7. The predicted molar refractivity (Wildman–Crippen MR) is 102 cm³/mol. The second kappa shape index (κ2) is 6.52. The lowest BCUT2D eigenvalue weighted by atomic mass is 9.98. The highest BCUT2D eigenvalue weighted by molar-refractivity contribution is 5.92. The van der Waals surface area contributed by atoms with E-state index in [4.69, 9.17) is 0 Å². The molecule has 0 spiro atoms. The third-order valence-electron chi connectivity index (χ3n) is 5.52. The molecule has 2 aliphatic heterocycles. The number of benzene rings is 2. The number of fused-ring (bicyclic) bond motifs is 1. The Labute approximate surface area is 149 Å². The second-order valence-corrected chi connectivity index (χ2v) is 7.20. The Morgan fingerprint density at radius 2 is 1.68 bits per heavy atom. The van der Waals surface area contributed by atoms with Crippen molar-refractivity contribution in [2.75, 3.05) is 25.5 Å². The summed E-state index contributed by atoms with van der Waals surface area (Å²) in [5.41, 5.74) is 5.89. The average Bonchev–Trinajstić information content (AvgIpc) is 3.16. The first-order valence-electron chi connectivity index (χ1n) is 9.11. The van der Waals surface area contributed by atoms with E-state index in [9.17, 15) is 4.79 Å². The highest BCUT2D eigenvalue weighted by Crippen LogP contribution is 2.30. The molecule has 1 saturated heterocycles. The van der Waals surface area contributed by atoms with Crippen molar-refractivity contribution in [1.82, 2.24) is 9.80 Å². The zero-order valence-electron chi connectivity index (χ0n) is 15.0. The number of likely N-dealkylation sites (tertiary alicyclic amines) is 1. The number of carbonyl (C=O) groups excluding carboxylic acids is 1. The number of hydrogen-bond donors (Lipinski definition) is 1. The topological polar surface area (TPSA) is 35.6 Å². The molecule has 1 fully saturated rings. The molecule has 0 aliphatic carbocycles. The minimum absolute atomic E-state index is 0.0412. The van der Waals surface area contributed by atoms with Crippen LogP contribution >= 0.6 is 0 Å². The van der Waals surface area contributed by atoms with Gasteiger partial charge in [0.15, 0.2) is 0 Å². The number of nitrogens with one attached hydrogen (secondary N) is 1. The first-order chi connectivity index (χ1) is 12.1. The quantitative estimate of drug-likeness (QED) is 0.897. The number of hydrogen-bond acceptors (Lipinski definition) is 2. The van der Waals surface area contributed by atoms with E-state index < -0.39 is 0 Å². The van der Waals surface area contributed by atoms with Crippen LogP contribution in [0.4, 0.5) is 10.5 Å². The molecule has 1 unspecified atom stereocenters. The Bertz CT molecular complexity index is 778. The highest BCUT2D eigenvalue weighted by atomic mass is 16.2. The Balaban J connectivity index is 1.56. The van der Waals surface area contributed by atoms with Crippen LogP contribution in [-0.4, -0.2) is 36.0 Å². The molecule has 2 heterocycles. The minimum Gasteiger partial charge on any atom is -0.323 e. The summed E-state index contributed by atoms with van der Waals surface area (Å²) in [6.45, 7) is 5.39. The van der Waals surface area contributed by atoms with Crippen molar-refractivity contribution in [1.29, 1.82) is 0 Å². The van der Waals surface area contributed by atoms with Gasteiger partial charge in [0, 0.05) is 25.3 Å². The van der Waals surface area contributed by atoms with Crippen molar-refractivity contribution in [2.45, 2.75) is 32.4 Å². The fourth-order valence-electron chi connectivity index (χ4n) is 3.86. The molecule has 130 valence electrons.